The number of rotatable bonds is 4. The van der Waals surface area contributed by atoms with Gasteiger partial charge in [0.1, 0.15) is 12.4 Å². The molecule has 7 heteroatoms. The molecule has 2 heterocycles. The minimum absolute atomic E-state index is 0.0498. The number of nitrogens with one attached hydrogen (secondary N) is 2. The Bertz CT molecular complexity index is 666. The molecule has 0 radical (unpaired) electrons. The average Bonchev–Trinajstić information content (AvgIpc) is 2.63. The maximum absolute atomic E-state index is 12.6. The highest BCUT2D eigenvalue weighted by Crippen LogP contribution is 2.15. The van der Waals surface area contributed by atoms with Gasteiger partial charge in [-0.05, 0) is 36.4 Å². The molecule has 1 atom stereocenters. The second-order valence-corrected chi connectivity index (χ2v) is 5.92. The molecule has 0 aliphatic carbocycles. The average molecular weight is 347 g/mol. The maximum Gasteiger partial charge on any atom is 0.322 e. The van der Waals surface area contributed by atoms with Crippen molar-refractivity contribution in [2.45, 2.75) is 6.04 Å². The molecule has 0 saturated carbocycles. The molecule has 6 nitrogen and oxygen atoms in total. The van der Waals surface area contributed by atoms with Crippen LogP contribution >= 0.6 is 11.6 Å². The summed E-state index contributed by atoms with van der Waals surface area (Å²) in [6.07, 6.45) is 3.36. The first kappa shape index (κ1) is 16.5. The molecule has 1 aliphatic rings. The molecule has 2 amide bonds. The number of carbonyl (C=O) groups is 1. The molecule has 0 bridgehead atoms. The monoisotopic (exact) mass is 346 g/mol. The Kier molecular flexibility index (Phi) is 5.51. The van der Waals surface area contributed by atoms with E-state index in [2.05, 4.69) is 15.6 Å². The van der Waals surface area contributed by atoms with Gasteiger partial charge < -0.3 is 20.3 Å². The largest absolute Gasteiger partial charge is 0.490 e. The third-order valence-electron chi connectivity index (χ3n) is 3.78. The van der Waals surface area contributed by atoms with Crippen molar-refractivity contribution in [1.29, 1.82) is 0 Å². The Hall–Kier alpha value is -2.31. The van der Waals surface area contributed by atoms with E-state index in [0.717, 1.165) is 12.2 Å². The number of anilines is 1. The lowest BCUT2D eigenvalue weighted by atomic mass is 10.2. The molecule has 1 aromatic carbocycles. The predicted octanol–water partition coefficient (Wildman–Crippen LogP) is 2.62. The topological polar surface area (TPSA) is 66.5 Å². The zero-order chi connectivity index (χ0) is 16.8. The highest BCUT2D eigenvalue weighted by molar-refractivity contribution is 6.30. The summed E-state index contributed by atoms with van der Waals surface area (Å²) in [5.41, 5.74) is 0.717. The molecule has 3 rings (SSSR count). The van der Waals surface area contributed by atoms with E-state index in [1.165, 1.54) is 0 Å². The summed E-state index contributed by atoms with van der Waals surface area (Å²) in [5.74, 6) is 0.695. The van der Waals surface area contributed by atoms with Crippen molar-refractivity contribution in [1.82, 2.24) is 15.2 Å². The van der Waals surface area contributed by atoms with Crippen molar-refractivity contribution in [2.24, 2.45) is 0 Å². The standard InChI is InChI=1S/C17H19ClN4O2/c18-13-3-5-14(6-4-13)21-17(23)22-9-8-20-10-15(22)12-24-16-2-1-7-19-11-16/h1-7,11,15,20H,8-10,12H2,(H,21,23). The molecule has 0 spiro atoms. The number of halogens is 1. The third kappa shape index (κ3) is 4.37. The smallest absolute Gasteiger partial charge is 0.322 e. The fraction of sp³-hybridized carbons (Fsp3) is 0.294. The first-order chi connectivity index (χ1) is 11.7. The van der Waals surface area contributed by atoms with E-state index >= 15 is 0 Å². The van der Waals surface area contributed by atoms with Gasteiger partial charge in [0.2, 0.25) is 0 Å². The lowest BCUT2D eigenvalue weighted by Crippen LogP contribution is -2.57. The van der Waals surface area contributed by atoms with Crippen molar-refractivity contribution in [3.8, 4) is 5.75 Å². The zero-order valence-electron chi connectivity index (χ0n) is 13.1. The van der Waals surface area contributed by atoms with Crippen LogP contribution < -0.4 is 15.4 Å². The molecule has 1 aliphatic heterocycles. The number of pyridine rings is 1. The molecule has 2 aromatic rings. The summed E-state index contributed by atoms with van der Waals surface area (Å²) in [6.45, 7) is 2.49. The van der Waals surface area contributed by atoms with Crippen molar-refractivity contribution in [3.05, 3.63) is 53.8 Å². The summed E-state index contributed by atoms with van der Waals surface area (Å²) in [6, 6.07) is 10.5. The fourth-order valence-electron chi connectivity index (χ4n) is 2.53. The second kappa shape index (κ2) is 7.99. The van der Waals surface area contributed by atoms with Gasteiger partial charge in [0.25, 0.3) is 0 Å². The summed E-state index contributed by atoms with van der Waals surface area (Å²) in [5, 5.41) is 6.83. The Morgan fingerprint density at radius 1 is 1.38 bits per heavy atom. The minimum atomic E-state index is -0.140. The van der Waals surface area contributed by atoms with E-state index < -0.39 is 0 Å². The van der Waals surface area contributed by atoms with Crippen LogP contribution in [0, 0.1) is 0 Å². The van der Waals surface area contributed by atoms with Gasteiger partial charge in [-0.25, -0.2) is 4.79 Å². The zero-order valence-corrected chi connectivity index (χ0v) is 13.9. The predicted molar refractivity (Wildman–Crippen MR) is 93.6 cm³/mol. The molecule has 1 unspecified atom stereocenters. The number of hydrogen-bond acceptors (Lipinski definition) is 4. The van der Waals surface area contributed by atoms with E-state index in [4.69, 9.17) is 16.3 Å². The number of nitrogens with zero attached hydrogens (tertiary/aromatic N) is 2. The van der Waals surface area contributed by atoms with Crippen molar-refractivity contribution >= 4 is 23.3 Å². The Balaban J connectivity index is 1.60. The van der Waals surface area contributed by atoms with Gasteiger partial charge in [-0.1, -0.05) is 11.6 Å². The summed E-state index contributed by atoms with van der Waals surface area (Å²) in [7, 11) is 0. The van der Waals surface area contributed by atoms with Crippen LogP contribution in [0.4, 0.5) is 10.5 Å². The first-order valence-corrected chi connectivity index (χ1v) is 8.17. The van der Waals surface area contributed by atoms with Crippen molar-refractivity contribution in [3.63, 3.8) is 0 Å². The van der Waals surface area contributed by atoms with Crippen molar-refractivity contribution in [2.75, 3.05) is 31.6 Å². The van der Waals surface area contributed by atoms with Crippen LogP contribution in [0.5, 0.6) is 5.75 Å². The van der Waals surface area contributed by atoms with Crippen LogP contribution in [-0.2, 0) is 0 Å². The van der Waals surface area contributed by atoms with Gasteiger partial charge in [0.05, 0.1) is 12.2 Å². The quantitative estimate of drug-likeness (QED) is 0.893. The number of piperazine rings is 1. The van der Waals surface area contributed by atoms with Crippen LogP contribution in [0.1, 0.15) is 0 Å². The fourth-order valence-corrected chi connectivity index (χ4v) is 2.66. The number of aromatic nitrogens is 1. The molecule has 1 fully saturated rings. The Labute approximate surface area is 145 Å². The summed E-state index contributed by atoms with van der Waals surface area (Å²) < 4.78 is 5.75. The lowest BCUT2D eigenvalue weighted by Gasteiger charge is -2.35. The first-order valence-electron chi connectivity index (χ1n) is 7.79. The number of carbonyl (C=O) groups excluding carboxylic acids is 1. The summed E-state index contributed by atoms with van der Waals surface area (Å²) in [4.78, 5) is 18.4. The normalized spacial score (nSPS) is 17.4. The molecular weight excluding hydrogens is 328 g/mol. The Morgan fingerprint density at radius 3 is 2.96 bits per heavy atom. The van der Waals surface area contributed by atoms with E-state index in [1.54, 1.807) is 41.6 Å². The molecule has 2 N–H and O–H groups in total. The molecule has 1 aromatic heterocycles. The van der Waals surface area contributed by atoms with Gasteiger partial charge >= 0.3 is 6.03 Å². The van der Waals surface area contributed by atoms with Crippen LogP contribution in [0.15, 0.2) is 48.8 Å². The molecule has 24 heavy (non-hydrogen) atoms. The van der Waals surface area contributed by atoms with Crippen LogP contribution in [0.3, 0.4) is 0 Å². The number of ether oxygens (including phenoxy) is 1. The SMILES string of the molecule is O=C(Nc1ccc(Cl)cc1)N1CCNCC1COc1cccnc1. The van der Waals surface area contributed by atoms with Gasteiger partial charge in [-0.3, -0.25) is 4.98 Å². The summed E-state index contributed by atoms with van der Waals surface area (Å²) >= 11 is 5.87. The molecular formula is C17H19ClN4O2. The number of hydrogen-bond donors (Lipinski definition) is 2. The number of amides is 2. The highest BCUT2D eigenvalue weighted by Gasteiger charge is 2.27. The highest BCUT2D eigenvalue weighted by atomic mass is 35.5. The van der Waals surface area contributed by atoms with E-state index in [9.17, 15) is 4.79 Å². The number of benzene rings is 1. The van der Waals surface area contributed by atoms with Gasteiger partial charge in [-0.15, -0.1) is 0 Å². The van der Waals surface area contributed by atoms with Crippen LogP contribution in [-0.4, -0.2) is 48.2 Å². The van der Waals surface area contributed by atoms with Crippen LogP contribution in [0.2, 0.25) is 5.02 Å². The van der Waals surface area contributed by atoms with E-state index in [1.807, 2.05) is 12.1 Å². The number of urea groups is 1. The van der Waals surface area contributed by atoms with Crippen LogP contribution in [0.25, 0.3) is 0 Å². The minimum Gasteiger partial charge on any atom is -0.490 e. The van der Waals surface area contributed by atoms with Gasteiger partial charge in [0, 0.05) is 36.5 Å². The Morgan fingerprint density at radius 2 is 2.21 bits per heavy atom. The van der Waals surface area contributed by atoms with E-state index in [0.29, 0.717) is 30.5 Å². The van der Waals surface area contributed by atoms with Crippen molar-refractivity contribution < 1.29 is 9.53 Å². The second-order valence-electron chi connectivity index (χ2n) is 5.49. The maximum atomic E-state index is 12.6. The lowest BCUT2D eigenvalue weighted by molar-refractivity contribution is 0.133. The van der Waals surface area contributed by atoms with E-state index in [-0.39, 0.29) is 12.1 Å². The molecule has 1 saturated heterocycles. The molecule has 126 valence electrons. The van der Waals surface area contributed by atoms with Gasteiger partial charge in [-0.2, -0.15) is 0 Å². The third-order valence-corrected chi connectivity index (χ3v) is 4.04. The van der Waals surface area contributed by atoms with Gasteiger partial charge in [0.15, 0.2) is 0 Å².